The van der Waals surface area contributed by atoms with E-state index in [1.54, 1.807) is 0 Å². The number of esters is 1. The average molecular weight is 213 g/mol. The molecule has 0 radical (unpaired) electrons. The lowest BCUT2D eigenvalue weighted by Crippen LogP contribution is -2.47. The zero-order valence-corrected chi connectivity index (χ0v) is 8.23. The second kappa shape index (κ2) is 6.12. The number of ether oxygens (including phenoxy) is 1. The van der Waals surface area contributed by atoms with Crippen LogP contribution in [0.25, 0.3) is 0 Å². The van der Waals surface area contributed by atoms with Crippen molar-refractivity contribution in [2.75, 3.05) is 20.5 Å². The predicted octanol–water partition coefficient (Wildman–Crippen LogP) is 0.350. The van der Waals surface area contributed by atoms with Gasteiger partial charge >= 0.3 is 5.97 Å². The summed E-state index contributed by atoms with van der Waals surface area (Å²) in [5.74, 6) is -0.694. The lowest BCUT2D eigenvalue weighted by Gasteiger charge is -2.23. The number of carbonyl (C=O) groups excluding carboxylic acids is 1. The van der Waals surface area contributed by atoms with Crippen molar-refractivity contribution in [1.29, 1.82) is 0 Å². The number of halogens is 2. The summed E-state index contributed by atoms with van der Waals surface area (Å²) < 4.78 is 16.4. The van der Waals surface area contributed by atoms with E-state index in [1.165, 1.54) is 7.11 Å². The fourth-order valence-electron chi connectivity index (χ4n) is 0.876. The third-order valence-electron chi connectivity index (χ3n) is 1.58. The summed E-state index contributed by atoms with van der Waals surface area (Å²) >= 11 is 5.79. The van der Waals surface area contributed by atoms with Crippen molar-refractivity contribution in [1.82, 2.24) is 5.32 Å². The quantitative estimate of drug-likeness (QED) is 0.379. The van der Waals surface area contributed by atoms with Crippen LogP contribution in [-0.4, -0.2) is 31.4 Å². The van der Waals surface area contributed by atoms with Gasteiger partial charge in [0.05, 0.1) is 7.11 Å². The Morgan fingerprint density at radius 2 is 2.38 bits per heavy atom. The van der Waals surface area contributed by atoms with E-state index in [0.29, 0.717) is 13.0 Å². The first-order chi connectivity index (χ1) is 6.10. The summed E-state index contributed by atoms with van der Waals surface area (Å²) in [6.07, 6.45) is 0.757. The molecule has 0 bridgehead atoms. The molecule has 0 spiro atoms. The van der Waals surface area contributed by atoms with Crippen molar-refractivity contribution < 1.29 is 13.9 Å². The van der Waals surface area contributed by atoms with Crippen LogP contribution in [0.3, 0.4) is 0 Å². The maximum absolute atomic E-state index is 12.0. The van der Waals surface area contributed by atoms with Crippen molar-refractivity contribution in [3.05, 3.63) is 0 Å². The standard InChI is InChI=1S/C7H14ClFN2O2/c1-13-6(12)7(8,11-5-9)3-2-4-10/h11H,2-5,10H2,1H3/t7-/m0/s1. The van der Waals surface area contributed by atoms with Gasteiger partial charge in [-0.2, -0.15) is 0 Å². The van der Waals surface area contributed by atoms with Crippen molar-refractivity contribution in [2.24, 2.45) is 5.73 Å². The van der Waals surface area contributed by atoms with Crippen molar-refractivity contribution in [2.45, 2.75) is 17.8 Å². The molecule has 4 nitrogen and oxygen atoms in total. The predicted molar refractivity (Wildman–Crippen MR) is 48.0 cm³/mol. The summed E-state index contributed by atoms with van der Waals surface area (Å²) in [5.41, 5.74) is 5.24. The summed E-state index contributed by atoms with van der Waals surface area (Å²) in [7, 11) is 1.20. The zero-order valence-electron chi connectivity index (χ0n) is 7.48. The van der Waals surface area contributed by atoms with Crippen molar-refractivity contribution >= 4 is 17.6 Å². The van der Waals surface area contributed by atoms with Gasteiger partial charge in [-0.3, -0.25) is 5.32 Å². The van der Waals surface area contributed by atoms with Gasteiger partial charge in [0, 0.05) is 0 Å². The van der Waals surface area contributed by atoms with Crippen LogP contribution in [0.2, 0.25) is 0 Å². The van der Waals surface area contributed by atoms with Gasteiger partial charge < -0.3 is 10.5 Å². The number of methoxy groups -OCH3 is 1. The molecule has 0 aliphatic rings. The molecule has 0 amide bonds. The molecule has 0 unspecified atom stereocenters. The number of nitrogens with one attached hydrogen (secondary N) is 1. The Kier molecular flexibility index (Phi) is 5.94. The second-order valence-electron chi connectivity index (χ2n) is 2.50. The Balaban J connectivity index is 4.23. The molecule has 0 fully saturated rings. The third kappa shape index (κ3) is 3.89. The third-order valence-corrected chi connectivity index (χ3v) is 2.06. The van der Waals surface area contributed by atoms with E-state index in [4.69, 9.17) is 17.3 Å². The van der Waals surface area contributed by atoms with Gasteiger partial charge in [-0.25, -0.2) is 9.18 Å². The Morgan fingerprint density at radius 1 is 1.77 bits per heavy atom. The summed E-state index contributed by atoms with van der Waals surface area (Å²) in [6, 6.07) is 0. The second-order valence-corrected chi connectivity index (χ2v) is 3.14. The maximum Gasteiger partial charge on any atom is 0.341 e. The first-order valence-electron chi connectivity index (χ1n) is 3.89. The lowest BCUT2D eigenvalue weighted by atomic mass is 10.1. The minimum atomic E-state index is -1.48. The van der Waals surface area contributed by atoms with Gasteiger partial charge in [-0.1, -0.05) is 11.6 Å². The molecule has 0 rings (SSSR count). The molecule has 0 aliphatic heterocycles. The largest absolute Gasteiger partial charge is 0.467 e. The summed E-state index contributed by atoms with van der Waals surface area (Å²) in [4.78, 5) is 9.62. The number of carbonyl (C=O) groups is 1. The van der Waals surface area contributed by atoms with E-state index < -0.39 is 17.8 Å². The molecule has 0 saturated carbocycles. The van der Waals surface area contributed by atoms with Gasteiger partial charge in [0.1, 0.15) is 6.80 Å². The minimum absolute atomic E-state index is 0.238. The van der Waals surface area contributed by atoms with Crippen LogP contribution < -0.4 is 11.1 Å². The first kappa shape index (κ1) is 12.6. The van der Waals surface area contributed by atoms with E-state index in [0.717, 1.165) is 0 Å². The molecule has 0 aliphatic carbocycles. The number of hydrogen-bond acceptors (Lipinski definition) is 4. The van der Waals surface area contributed by atoms with Crippen LogP contribution in [0.15, 0.2) is 0 Å². The van der Waals surface area contributed by atoms with Crippen LogP contribution in [0, 0.1) is 0 Å². The first-order valence-corrected chi connectivity index (χ1v) is 4.27. The highest BCUT2D eigenvalue weighted by Gasteiger charge is 2.36. The molecule has 78 valence electrons. The normalized spacial score (nSPS) is 15.1. The fraction of sp³-hybridized carbons (Fsp3) is 0.857. The average Bonchev–Trinajstić information content (AvgIpc) is 2.14. The van der Waals surface area contributed by atoms with Gasteiger partial charge in [-0.05, 0) is 19.4 Å². The highest BCUT2D eigenvalue weighted by molar-refractivity contribution is 6.33. The molecule has 3 N–H and O–H groups in total. The van der Waals surface area contributed by atoms with Crippen LogP contribution in [-0.2, 0) is 9.53 Å². The Bertz CT molecular complexity index is 171. The van der Waals surface area contributed by atoms with Crippen molar-refractivity contribution in [3.63, 3.8) is 0 Å². The van der Waals surface area contributed by atoms with Gasteiger partial charge in [0.15, 0.2) is 5.00 Å². The van der Waals surface area contributed by atoms with E-state index in [9.17, 15) is 9.18 Å². The summed E-state index contributed by atoms with van der Waals surface area (Å²) in [6.45, 7) is -0.497. The van der Waals surface area contributed by atoms with Gasteiger partial charge in [0.2, 0.25) is 0 Å². The molecular weight excluding hydrogens is 199 g/mol. The minimum Gasteiger partial charge on any atom is -0.467 e. The number of nitrogens with two attached hydrogens (primary N) is 1. The molecule has 0 aromatic heterocycles. The number of hydrogen-bond donors (Lipinski definition) is 2. The van der Waals surface area contributed by atoms with E-state index in [1.807, 2.05) is 0 Å². The van der Waals surface area contributed by atoms with Crippen LogP contribution in [0.1, 0.15) is 12.8 Å². The molecular formula is C7H14ClFN2O2. The number of rotatable bonds is 6. The zero-order chi connectivity index (χ0) is 10.3. The van der Waals surface area contributed by atoms with E-state index in [2.05, 4.69) is 10.1 Å². The van der Waals surface area contributed by atoms with Gasteiger partial charge in [0.25, 0.3) is 0 Å². The molecule has 0 heterocycles. The topological polar surface area (TPSA) is 64.3 Å². The van der Waals surface area contributed by atoms with Crippen LogP contribution in [0.5, 0.6) is 0 Å². The molecule has 0 aromatic carbocycles. The van der Waals surface area contributed by atoms with Crippen LogP contribution >= 0.6 is 11.6 Å². The molecule has 6 heteroatoms. The monoisotopic (exact) mass is 212 g/mol. The summed E-state index contributed by atoms with van der Waals surface area (Å²) in [5, 5.41) is 2.21. The van der Waals surface area contributed by atoms with Crippen LogP contribution in [0.4, 0.5) is 4.39 Å². The molecule has 0 saturated heterocycles. The molecule has 13 heavy (non-hydrogen) atoms. The van der Waals surface area contributed by atoms with Gasteiger partial charge in [-0.15, -0.1) is 0 Å². The number of alkyl halides is 2. The smallest absolute Gasteiger partial charge is 0.341 e. The highest BCUT2D eigenvalue weighted by atomic mass is 35.5. The fourth-order valence-corrected chi connectivity index (χ4v) is 1.14. The Hall–Kier alpha value is -0.390. The highest BCUT2D eigenvalue weighted by Crippen LogP contribution is 2.19. The Morgan fingerprint density at radius 3 is 2.77 bits per heavy atom. The Labute approximate surface area is 81.6 Å². The van der Waals surface area contributed by atoms with Crippen molar-refractivity contribution in [3.8, 4) is 0 Å². The maximum atomic E-state index is 12.0. The molecule has 0 aromatic rings. The van der Waals surface area contributed by atoms with E-state index in [-0.39, 0.29) is 6.42 Å². The van der Waals surface area contributed by atoms with E-state index >= 15 is 0 Å². The SMILES string of the molecule is COC(=O)[C@](Cl)(CCCN)NCF. The molecule has 1 atom stereocenters. The lowest BCUT2D eigenvalue weighted by molar-refractivity contribution is -0.145.